The maximum atomic E-state index is 12.6. The van der Waals surface area contributed by atoms with E-state index in [0.29, 0.717) is 10.9 Å². The fraction of sp³-hybridized carbons (Fsp3) is 0.353. The Bertz CT molecular complexity index is 792. The molecule has 1 aliphatic heterocycles. The number of amides is 1. The van der Waals surface area contributed by atoms with E-state index in [-0.39, 0.29) is 5.91 Å². The number of aliphatic imine (C=N–C) groups is 1. The Morgan fingerprint density at radius 3 is 2.83 bits per heavy atom. The number of thioether (sulfide) groups is 1. The van der Waals surface area contributed by atoms with Crippen LogP contribution >= 0.6 is 11.8 Å². The Kier molecular flexibility index (Phi) is 3.69. The first kappa shape index (κ1) is 14.5. The van der Waals surface area contributed by atoms with Crippen molar-refractivity contribution in [2.45, 2.75) is 26.2 Å². The van der Waals surface area contributed by atoms with E-state index in [0.717, 1.165) is 42.8 Å². The van der Waals surface area contributed by atoms with Crippen molar-refractivity contribution in [1.29, 1.82) is 0 Å². The van der Waals surface area contributed by atoms with Gasteiger partial charge in [0, 0.05) is 17.0 Å². The first-order valence-corrected chi connectivity index (χ1v) is 8.87. The summed E-state index contributed by atoms with van der Waals surface area (Å²) < 4.78 is 1.93. The molecule has 0 bridgehead atoms. The summed E-state index contributed by atoms with van der Waals surface area (Å²) >= 11 is 1.59. The smallest absolute Gasteiger partial charge is 0.278 e. The second-order valence-electron chi connectivity index (χ2n) is 5.86. The Morgan fingerprint density at radius 1 is 1.26 bits per heavy atom. The molecule has 1 aromatic heterocycles. The van der Waals surface area contributed by atoms with Gasteiger partial charge in [0.25, 0.3) is 5.91 Å². The number of carbonyl (C=O) groups excluding carboxylic acids is 1. The second kappa shape index (κ2) is 5.85. The monoisotopic (exact) mass is 326 g/mol. The largest absolute Gasteiger partial charge is 0.300 e. The van der Waals surface area contributed by atoms with Crippen molar-refractivity contribution >= 4 is 22.8 Å². The molecular formula is C17H18N4OS. The maximum Gasteiger partial charge on any atom is 0.278 e. The zero-order valence-corrected chi connectivity index (χ0v) is 13.8. The van der Waals surface area contributed by atoms with Gasteiger partial charge in [0.2, 0.25) is 0 Å². The van der Waals surface area contributed by atoms with E-state index in [9.17, 15) is 4.79 Å². The molecular weight excluding hydrogens is 308 g/mol. The molecule has 0 radical (unpaired) electrons. The van der Waals surface area contributed by atoms with Crippen LogP contribution in [0, 0.1) is 6.92 Å². The number of aromatic nitrogens is 2. The lowest BCUT2D eigenvalue weighted by Crippen LogP contribution is -2.28. The van der Waals surface area contributed by atoms with Gasteiger partial charge in [-0.1, -0.05) is 29.5 Å². The summed E-state index contributed by atoms with van der Waals surface area (Å²) in [5.41, 5.74) is 5.03. The molecule has 2 aliphatic rings. The van der Waals surface area contributed by atoms with Crippen LogP contribution in [-0.2, 0) is 12.8 Å². The molecule has 2 aromatic rings. The highest BCUT2D eigenvalue weighted by Crippen LogP contribution is 2.28. The van der Waals surface area contributed by atoms with Crippen molar-refractivity contribution in [2.75, 3.05) is 12.3 Å². The van der Waals surface area contributed by atoms with Crippen LogP contribution < -0.4 is 5.32 Å². The lowest BCUT2D eigenvalue weighted by atomic mass is 10.2. The van der Waals surface area contributed by atoms with E-state index in [2.05, 4.69) is 46.6 Å². The van der Waals surface area contributed by atoms with Gasteiger partial charge in [-0.15, -0.1) is 0 Å². The van der Waals surface area contributed by atoms with Gasteiger partial charge in [-0.05, 0) is 38.3 Å². The normalized spacial score (nSPS) is 16.3. The van der Waals surface area contributed by atoms with Crippen molar-refractivity contribution < 1.29 is 4.79 Å². The van der Waals surface area contributed by atoms with E-state index in [1.165, 1.54) is 11.3 Å². The van der Waals surface area contributed by atoms with E-state index in [1.807, 2.05) is 4.68 Å². The predicted octanol–water partition coefficient (Wildman–Crippen LogP) is 2.50. The Balaban J connectivity index is 1.69. The molecule has 0 fully saturated rings. The highest BCUT2D eigenvalue weighted by molar-refractivity contribution is 8.14. The zero-order valence-electron chi connectivity index (χ0n) is 13.0. The second-order valence-corrected chi connectivity index (χ2v) is 6.95. The number of nitrogens with one attached hydrogen (secondary N) is 1. The van der Waals surface area contributed by atoms with Gasteiger partial charge in [-0.25, -0.2) is 4.68 Å². The predicted molar refractivity (Wildman–Crippen MR) is 92.6 cm³/mol. The number of fused-ring (bicyclic) bond motifs is 1. The summed E-state index contributed by atoms with van der Waals surface area (Å²) in [5.74, 6) is 0.799. The molecule has 0 unspecified atom stereocenters. The Labute approximate surface area is 139 Å². The van der Waals surface area contributed by atoms with Gasteiger partial charge in [0.1, 0.15) is 0 Å². The van der Waals surface area contributed by atoms with E-state index in [4.69, 9.17) is 0 Å². The summed E-state index contributed by atoms with van der Waals surface area (Å²) in [6, 6.07) is 8.25. The lowest BCUT2D eigenvalue weighted by Gasteiger charge is -2.06. The summed E-state index contributed by atoms with van der Waals surface area (Å²) in [4.78, 5) is 16.9. The van der Waals surface area contributed by atoms with Crippen molar-refractivity contribution in [3.8, 4) is 5.69 Å². The highest BCUT2D eigenvalue weighted by Gasteiger charge is 2.27. The van der Waals surface area contributed by atoms with E-state index >= 15 is 0 Å². The average Bonchev–Trinajstić information content (AvgIpc) is 3.24. The lowest BCUT2D eigenvalue weighted by molar-refractivity contribution is 0.0972. The van der Waals surface area contributed by atoms with Crippen molar-refractivity contribution in [3.05, 3.63) is 46.8 Å². The molecule has 5 nitrogen and oxygen atoms in total. The van der Waals surface area contributed by atoms with Crippen LogP contribution in [0.15, 0.2) is 29.3 Å². The molecule has 1 aromatic carbocycles. The molecule has 4 rings (SSSR count). The Morgan fingerprint density at radius 2 is 2.09 bits per heavy atom. The zero-order chi connectivity index (χ0) is 15.8. The van der Waals surface area contributed by atoms with Crippen molar-refractivity contribution in [3.63, 3.8) is 0 Å². The number of hydrogen-bond donors (Lipinski definition) is 1. The molecule has 23 heavy (non-hydrogen) atoms. The molecule has 1 N–H and O–H groups in total. The third-order valence-electron chi connectivity index (χ3n) is 4.23. The molecule has 1 amide bonds. The summed E-state index contributed by atoms with van der Waals surface area (Å²) in [6.07, 6.45) is 2.97. The van der Waals surface area contributed by atoms with Gasteiger partial charge in [-0.2, -0.15) is 5.10 Å². The number of amidine groups is 1. The van der Waals surface area contributed by atoms with E-state index in [1.54, 1.807) is 11.8 Å². The van der Waals surface area contributed by atoms with Gasteiger partial charge in [-0.3, -0.25) is 15.1 Å². The van der Waals surface area contributed by atoms with Crippen molar-refractivity contribution in [1.82, 2.24) is 15.1 Å². The minimum Gasteiger partial charge on any atom is -0.300 e. The van der Waals surface area contributed by atoms with E-state index < -0.39 is 0 Å². The van der Waals surface area contributed by atoms with Gasteiger partial charge < -0.3 is 0 Å². The third kappa shape index (κ3) is 2.67. The fourth-order valence-electron chi connectivity index (χ4n) is 3.09. The van der Waals surface area contributed by atoms with Gasteiger partial charge >= 0.3 is 0 Å². The summed E-state index contributed by atoms with van der Waals surface area (Å²) in [6.45, 7) is 2.84. The summed E-state index contributed by atoms with van der Waals surface area (Å²) in [7, 11) is 0. The fourth-order valence-corrected chi connectivity index (χ4v) is 3.81. The standard InChI is InChI=1S/C17H18N4OS/c1-11-5-7-12(8-6-11)21-14-4-2-3-13(14)15(20-21)16(22)19-17-18-9-10-23-17/h5-8H,2-4,9-10H2,1H3,(H,18,19,22). The van der Waals surface area contributed by atoms with Crippen LogP contribution in [0.3, 0.4) is 0 Å². The molecule has 118 valence electrons. The third-order valence-corrected chi connectivity index (χ3v) is 5.12. The number of rotatable bonds is 2. The number of carbonyl (C=O) groups is 1. The van der Waals surface area contributed by atoms with Crippen LogP contribution in [0.5, 0.6) is 0 Å². The van der Waals surface area contributed by atoms with Crippen molar-refractivity contribution in [2.24, 2.45) is 4.99 Å². The molecule has 0 spiro atoms. The molecule has 0 saturated carbocycles. The van der Waals surface area contributed by atoms with Crippen LogP contribution in [-0.4, -0.2) is 33.2 Å². The van der Waals surface area contributed by atoms with Gasteiger partial charge in [0.05, 0.1) is 12.2 Å². The van der Waals surface area contributed by atoms with Crippen LogP contribution in [0.25, 0.3) is 5.69 Å². The number of nitrogens with zero attached hydrogens (tertiary/aromatic N) is 3. The molecule has 0 atom stereocenters. The number of benzene rings is 1. The van der Waals surface area contributed by atoms with Crippen LogP contribution in [0.2, 0.25) is 0 Å². The molecule has 6 heteroatoms. The first-order valence-electron chi connectivity index (χ1n) is 7.89. The SMILES string of the molecule is Cc1ccc(-n2nc(C(=O)NC3=NCCS3)c3c2CCC3)cc1. The molecule has 2 heterocycles. The average molecular weight is 326 g/mol. The Hall–Kier alpha value is -2.08. The minimum absolute atomic E-state index is 0.137. The maximum absolute atomic E-state index is 12.6. The van der Waals surface area contributed by atoms with Crippen LogP contribution in [0.4, 0.5) is 0 Å². The molecule has 1 aliphatic carbocycles. The first-order chi connectivity index (χ1) is 11.2. The highest BCUT2D eigenvalue weighted by atomic mass is 32.2. The summed E-state index contributed by atoms with van der Waals surface area (Å²) in [5, 5.41) is 8.23. The minimum atomic E-state index is -0.137. The number of aryl methyl sites for hydroxylation is 1. The molecule has 0 saturated heterocycles. The van der Waals surface area contributed by atoms with Crippen LogP contribution in [0.1, 0.15) is 33.7 Å². The quantitative estimate of drug-likeness (QED) is 0.922. The van der Waals surface area contributed by atoms with Gasteiger partial charge in [0.15, 0.2) is 10.9 Å². The number of hydrogen-bond acceptors (Lipinski definition) is 4. The topological polar surface area (TPSA) is 59.3 Å².